The Bertz CT molecular complexity index is 2380. The maximum Gasteiger partial charge on any atom is 0.336 e. The molecular formula is C46H47BrO15S4. The molecule has 0 fully saturated rings. The van der Waals surface area contributed by atoms with Gasteiger partial charge in [0.05, 0.1) is 22.2 Å². The van der Waals surface area contributed by atoms with E-state index in [1.807, 2.05) is 56.3 Å². The van der Waals surface area contributed by atoms with Gasteiger partial charge in [0.2, 0.25) is 0 Å². The molecule has 1 aromatic heterocycles. The quantitative estimate of drug-likeness (QED) is 0.0190. The van der Waals surface area contributed by atoms with Crippen molar-refractivity contribution in [1.29, 1.82) is 0 Å². The fourth-order valence-corrected chi connectivity index (χ4v) is 8.16. The minimum absolute atomic E-state index is 0.0643. The molecule has 15 nitrogen and oxygen atoms in total. The maximum atomic E-state index is 11.4. The fraction of sp³-hybridized carbons (Fsp3) is 0.239. The number of carbonyl (C=O) groups excluding carboxylic acids is 7. The molecule has 2 heterocycles. The smallest absolute Gasteiger partial charge is 0.336 e. The molecule has 0 saturated heterocycles. The fourth-order valence-electron chi connectivity index (χ4n) is 4.83. The van der Waals surface area contributed by atoms with Crippen LogP contribution < -0.4 is 4.74 Å². The lowest BCUT2D eigenvalue weighted by Gasteiger charge is -2.12. The molecule has 0 radical (unpaired) electrons. The summed E-state index contributed by atoms with van der Waals surface area (Å²) >= 11 is 11.1. The van der Waals surface area contributed by atoms with E-state index >= 15 is 0 Å². The highest BCUT2D eigenvalue weighted by atomic mass is 79.9. The third kappa shape index (κ3) is 21.7. The van der Waals surface area contributed by atoms with Crippen molar-refractivity contribution in [3.63, 3.8) is 0 Å². The molecule has 352 valence electrons. The van der Waals surface area contributed by atoms with E-state index in [4.69, 9.17) is 24.4 Å². The maximum absolute atomic E-state index is 11.4. The van der Waals surface area contributed by atoms with Gasteiger partial charge in [0, 0.05) is 64.3 Å². The van der Waals surface area contributed by atoms with Crippen molar-refractivity contribution in [2.24, 2.45) is 0 Å². The van der Waals surface area contributed by atoms with Crippen LogP contribution in [0.15, 0.2) is 112 Å². The summed E-state index contributed by atoms with van der Waals surface area (Å²) in [7, 11) is 0. The zero-order valence-corrected chi connectivity index (χ0v) is 41.1. The number of carbonyl (C=O) groups is 9. The average Bonchev–Trinajstić information content (AvgIpc) is 3.82. The Balaban J connectivity index is 0.000000403. The van der Waals surface area contributed by atoms with Crippen LogP contribution in [0.2, 0.25) is 0 Å². The molecule has 0 amide bonds. The van der Waals surface area contributed by atoms with Crippen LogP contribution in [0.3, 0.4) is 0 Å². The number of halogens is 1. The number of thiol groups is 1. The van der Waals surface area contributed by atoms with E-state index in [0.29, 0.717) is 51.8 Å². The van der Waals surface area contributed by atoms with Gasteiger partial charge in [-0.3, -0.25) is 24.0 Å². The number of esters is 3. The number of rotatable bonds is 13. The zero-order chi connectivity index (χ0) is 49.6. The minimum atomic E-state index is -0.964. The molecule has 2 N–H and O–H groups in total. The van der Waals surface area contributed by atoms with Crippen LogP contribution in [0, 0.1) is 0 Å². The van der Waals surface area contributed by atoms with Gasteiger partial charge >= 0.3 is 29.8 Å². The number of aromatic carboxylic acids is 2. The normalized spacial score (nSPS) is 11.6. The first-order chi connectivity index (χ1) is 31.5. The average molecular weight is 1050 g/mol. The molecule has 0 bridgehead atoms. The first kappa shape index (κ1) is 58.5. The summed E-state index contributed by atoms with van der Waals surface area (Å²) in [5.74, 6) is -2.85. The van der Waals surface area contributed by atoms with Gasteiger partial charge in [0.15, 0.2) is 24.1 Å². The number of Topliss-reactive ketones (excluding diaryl/α,β-unsaturated/α-hetero) is 1. The van der Waals surface area contributed by atoms with Crippen LogP contribution in [0.5, 0.6) is 5.75 Å². The molecule has 1 atom stereocenters. The zero-order valence-electron chi connectivity index (χ0n) is 36.2. The van der Waals surface area contributed by atoms with E-state index in [0.717, 1.165) is 26.6 Å². The van der Waals surface area contributed by atoms with Crippen molar-refractivity contribution in [2.75, 3.05) is 24.3 Å². The van der Waals surface area contributed by atoms with Crippen molar-refractivity contribution in [3.8, 4) is 5.75 Å². The van der Waals surface area contributed by atoms with Crippen LogP contribution in [0.1, 0.15) is 75.4 Å². The summed E-state index contributed by atoms with van der Waals surface area (Å²) in [4.78, 5) is 96.8. The Kier molecular flexibility index (Phi) is 29.3. The number of carboxylic acids is 2. The predicted octanol–water partition coefficient (Wildman–Crippen LogP) is 9.41. The molecule has 5 aromatic rings. The van der Waals surface area contributed by atoms with E-state index in [-0.39, 0.29) is 29.0 Å². The number of alkyl halides is 1. The van der Waals surface area contributed by atoms with Crippen molar-refractivity contribution in [3.05, 3.63) is 119 Å². The molecule has 4 aromatic carbocycles. The highest BCUT2D eigenvalue weighted by molar-refractivity contribution is 9.09. The molecule has 0 saturated carbocycles. The highest BCUT2D eigenvalue weighted by Crippen LogP contribution is 2.37. The number of ether oxygens (including phenoxy) is 4. The van der Waals surface area contributed by atoms with Crippen molar-refractivity contribution < 1.29 is 72.3 Å². The molecule has 0 aliphatic carbocycles. The van der Waals surface area contributed by atoms with Gasteiger partial charge in [-0.05, 0) is 56.3 Å². The van der Waals surface area contributed by atoms with Gasteiger partial charge in [-0.25, -0.2) is 9.59 Å². The first-order valence-corrected chi connectivity index (χ1v) is 23.5. The number of ketones is 1. The second-order valence-corrected chi connectivity index (χ2v) is 16.7. The number of carboxylic acid groups (broad SMARTS) is 2. The first-order valence-electron chi connectivity index (χ1n) is 19.3. The van der Waals surface area contributed by atoms with E-state index in [1.54, 1.807) is 42.5 Å². The Morgan fingerprint density at radius 2 is 1.32 bits per heavy atom. The van der Waals surface area contributed by atoms with E-state index in [1.165, 1.54) is 67.8 Å². The van der Waals surface area contributed by atoms with Crippen LogP contribution in [0.25, 0.3) is 10.1 Å². The Labute approximate surface area is 407 Å². The van der Waals surface area contributed by atoms with E-state index < -0.39 is 35.1 Å². The van der Waals surface area contributed by atoms with Crippen molar-refractivity contribution in [1.82, 2.24) is 0 Å². The SMILES string of the molecule is CC(=O)OC(C)=O.CC(=O)Oc1c(C=O)sc2ccccc12.CCOC(CBr)OCC.O=C(O)c1ccccc1S.O=CC1Sc2ccccc2C1=O.O=CCSc1ccccc1C(=O)O. The topological polar surface area (TPSA) is 231 Å². The van der Waals surface area contributed by atoms with Crippen molar-refractivity contribution >= 4 is 128 Å². The standard InChI is InChI=1S/C11H8O3S.C9H8O3S.C9H6O2S.C7H6O2S.C6H13BrO2.C4H6O3/c1-7(13)14-11-8-4-2-3-5-9(8)15-10(11)6-12;10-5-6-13-8-4-2-1-3-7(8)9(11)12;10-5-8-9(11)6-3-1-2-4-7(6)12-8;8-7(9)5-3-1-2-4-6(5)10;1-3-8-6(5-7)9-4-2;1-3(5)7-4(2)6/h2-6H,1H3;1-5H,6H2,(H,11,12);1-5,8H;1-4,10H,(H,8,9);6H,3-5H2,1-2H3;1-2H3. The number of aldehydes is 3. The predicted molar refractivity (Wildman–Crippen MR) is 259 cm³/mol. The van der Waals surface area contributed by atoms with Gasteiger partial charge in [-0.2, -0.15) is 0 Å². The second-order valence-electron chi connectivity index (χ2n) is 12.2. The lowest BCUT2D eigenvalue weighted by molar-refractivity contribution is -0.156. The number of benzene rings is 4. The number of thiophene rings is 1. The summed E-state index contributed by atoms with van der Waals surface area (Å²) in [5, 5.41) is 18.3. The van der Waals surface area contributed by atoms with Gasteiger partial charge in [0.25, 0.3) is 0 Å². The Hall–Kier alpha value is -5.48. The summed E-state index contributed by atoms with van der Waals surface area (Å²) < 4.78 is 20.3. The third-order valence-electron chi connectivity index (χ3n) is 7.39. The molecule has 1 unspecified atom stereocenters. The largest absolute Gasteiger partial charge is 0.478 e. The molecule has 20 heteroatoms. The molecule has 1 aliphatic heterocycles. The summed E-state index contributed by atoms with van der Waals surface area (Å²) in [6.45, 7) is 9.00. The molecule has 1 aliphatic rings. The molecule has 0 spiro atoms. The summed E-state index contributed by atoms with van der Waals surface area (Å²) in [6.07, 6.45) is 2.10. The van der Waals surface area contributed by atoms with Gasteiger partial charge in [-0.1, -0.05) is 70.5 Å². The van der Waals surface area contributed by atoms with Crippen molar-refractivity contribution in [2.45, 2.75) is 60.8 Å². The molecule has 6 rings (SSSR count). The van der Waals surface area contributed by atoms with Gasteiger partial charge in [-0.15, -0.1) is 47.5 Å². The number of hydrogen-bond acceptors (Lipinski definition) is 17. The van der Waals surface area contributed by atoms with Crippen LogP contribution >= 0.6 is 63.4 Å². The van der Waals surface area contributed by atoms with Crippen LogP contribution in [-0.2, 0) is 38.2 Å². The lowest BCUT2D eigenvalue weighted by Crippen LogP contribution is -2.18. The third-order valence-corrected chi connectivity index (χ3v) is 11.5. The lowest BCUT2D eigenvalue weighted by atomic mass is 10.1. The van der Waals surface area contributed by atoms with Crippen LogP contribution in [-0.4, -0.2) is 101 Å². The Morgan fingerprint density at radius 1 is 0.773 bits per heavy atom. The summed E-state index contributed by atoms with van der Waals surface area (Å²) in [5.41, 5.74) is 1.17. The minimum Gasteiger partial charge on any atom is -0.478 e. The number of fused-ring (bicyclic) bond motifs is 2. The number of hydrogen-bond donors (Lipinski definition) is 3. The number of thioether (sulfide) groups is 2. The van der Waals surface area contributed by atoms with E-state index in [2.05, 4.69) is 33.3 Å². The van der Waals surface area contributed by atoms with E-state index in [9.17, 15) is 43.2 Å². The van der Waals surface area contributed by atoms with Gasteiger partial charge < -0.3 is 38.7 Å². The monoisotopic (exact) mass is 1050 g/mol. The Morgan fingerprint density at radius 3 is 1.79 bits per heavy atom. The highest BCUT2D eigenvalue weighted by Gasteiger charge is 2.30. The molecular weight excluding hydrogens is 1000 g/mol. The van der Waals surface area contributed by atoms with Crippen LogP contribution in [0.4, 0.5) is 0 Å². The second kappa shape index (κ2) is 33.1. The summed E-state index contributed by atoms with van der Waals surface area (Å²) in [6, 6.07) is 27.9. The van der Waals surface area contributed by atoms with Gasteiger partial charge in [0.1, 0.15) is 22.7 Å². The molecule has 66 heavy (non-hydrogen) atoms.